The number of hydrogen-bond donors (Lipinski definition) is 2. The van der Waals surface area contributed by atoms with Crippen LogP contribution in [0.25, 0.3) is 5.69 Å². The molecule has 2 aromatic rings. The molecule has 2 heterocycles. The Bertz CT molecular complexity index is 720. The van der Waals surface area contributed by atoms with Crippen LogP contribution in [0.5, 0.6) is 0 Å². The van der Waals surface area contributed by atoms with Crippen LogP contribution < -0.4 is 10.6 Å². The minimum atomic E-state index is -0.277. The van der Waals surface area contributed by atoms with Crippen LogP contribution in [0.1, 0.15) is 36.2 Å². The molecule has 1 aliphatic rings. The van der Waals surface area contributed by atoms with Crippen LogP contribution in [0.3, 0.4) is 0 Å². The van der Waals surface area contributed by atoms with Gasteiger partial charge in [0.2, 0.25) is 5.82 Å². The molecule has 0 radical (unpaired) electrons. The summed E-state index contributed by atoms with van der Waals surface area (Å²) in [5, 5.41) is 11.5. The molecule has 6 nitrogen and oxygen atoms in total. The topological polar surface area (TPSA) is 71.8 Å². The summed E-state index contributed by atoms with van der Waals surface area (Å²) in [6.45, 7) is 3.70. The van der Waals surface area contributed by atoms with Gasteiger partial charge in [0.15, 0.2) is 0 Å². The molecule has 1 saturated heterocycles. The Morgan fingerprint density at radius 2 is 2.17 bits per heavy atom. The molecule has 1 amide bonds. The Hall–Kier alpha value is -1.63. The lowest BCUT2D eigenvalue weighted by atomic mass is 10.1. The number of nitrogens with one attached hydrogen (secondary N) is 2. The van der Waals surface area contributed by atoms with Crippen molar-refractivity contribution in [1.82, 2.24) is 25.4 Å². The smallest absolute Gasteiger partial charge is 0.291 e. The number of aromatic nitrogens is 3. The third kappa shape index (κ3) is 3.55. The second-order valence-corrected chi connectivity index (χ2v) is 6.52. The molecule has 1 atom stereocenters. The maximum absolute atomic E-state index is 12.5. The van der Waals surface area contributed by atoms with E-state index in [1.807, 2.05) is 6.92 Å². The molecule has 3 rings (SSSR count). The number of amides is 1. The number of carbonyl (C=O) groups excluding carboxylic acids is 1. The van der Waals surface area contributed by atoms with Gasteiger partial charge in [-0.15, -0.1) is 5.10 Å². The normalized spacial score (nSPS) is 17.7. The second kappa shape index (κ2) is 7.51. The Labute approximate surface area is 150 Å². The highest BCUT2D eigenvalue weighted by molar-refractivity contribution is 6.37. The number of para-hydroxylation sites is 1. The summed E-state index contributed by atoms with van der Waals surface area (Å²) >= 11 is 12.5. The minimum absolute atomic E-state index is 0.104. The molecule has 2 N–H and O–H groups in total. The molecule has 0 saturated carbocycles. The first-order valence-electron chi connectivity index (χ1n) is 8.02. The van der Waals surface area contributed by atoms with Crippen molar-refractivity contribution in [2.45, 2.75) is 32.2 Å². The first kappa shape index (κ1) is 17.2. The van der Waals surface area contributed by atoms with Crippen molar-refractivity contribution in [2.24, 2.45) is 0 Å². The fraction of sp³-hybridized carbons (Fsp3) is 0.438. The van der Waals surface area contributed by atoms with Crippen molar-refractivity contribution < 1.29 is 4.79 Å². The summed E-state index contributed by atoms with van der Waals surface area (Å²) in [7, 11) is 0. The number of rotatable bonds is 4. The maximum Gasteiger partial charge on any atom is 0.291 e. The minimum Gasteiger partial charge on any atom is -0.345 e. The molecule has 128 valence electrons. The molecule has 0 bridgehead atoms. The van der Waals surface area contributed by atoms with Gasteiger partial charge in [-0.25, -0.2) is 9.67 Å². The zero-order valence-electron chi connectivity index (χ0n) is 13.4. The van der Waals surface area contributed by atoms with Crippen LogP contribution in [0.2, 0.25) is 10.0 Å². The zero-order valence-corrected chi connectivity index (χ0v) is 14.9. The van der Waals surface area contributed by atoms with Gasteiger partial charge < -0.3 is 10.6 Å². The van der Waals surface area contributed by atoms with E-state index in [0.29, 0.717) is 28.0 Å². The number of nitrogens with zero attached hydrogens (tertiary/aromatic N) is 3. The van der Waals surface area contributed by atoms with E-state index in [9.17, 15) is 4.79 Å². The number of benzene rings is 1. The van der Waals surface area contributed by atoms with E-state index in [1.54, 1.807) is 22.9 Å². The maximum atomic E-state index is 12.5. The molecule has 0 aliphatic carbocycles. The number of piperidine rings is 1. The quantitative estimate of drug-likeness (QED) is 0.870. The second-order valence-electron chi connectivity index (χ2n) is 5.70. The largest absolute Gasteiger partial charge is 0.345 e. The van der Waals surface area contributed by atoms with Crippen LogP contribution in [0, 0.1) is 0 Å². The van der Waals surface area contributed by atoms with Crippen LogP contribution in [-0.2, 0) is 6.42 Å². The fourth-order valence-corrected chi connectivity index (χ4v) is 3.32. The zero-order chi connectivity index (χ0) is 17.1. The predicted octanol–water partition coefficient (Wildman–Crippen LogP) is 2.62. The molecule has 8 heteroatoms. The average Bonchev–Trinajstić information content (AvgIpc) is 3.00. The Morgan fingerprint density at radius 3 is 2.79 bits per heavy atom. The lowest BCUT2D eigenvalue weighted by Gasteiger charge is -2.23. The summed E-state index contributed by atoms with van der Waals surface area (Å²) in [5.74, 6) is 0.491. The first-order valence-corrected chi connectivity index (χ1v) is 8.77. The van der Waals surface area contributed by atoms with Crippen molar-refractivity contribution in [3.8, 4) is 5.69 Å². The van der Waals surface area contributed by atoms with E-state index >= 15 is 0 Å². The van der Waals surface area contributed by atoms with E-state index in [4.69, 9.17) is 23.2 Å². The van der Waals surface area contributed by atoms with E-state index in [1.165, 1.54) is 0 Å². The van der Waals surface area contributed by atoms with Crippen LogP contribution in [0.15, 0.2) is 18.2 Å². The molecule has 0 spiro atoms. The van der Waals surface area contributed by atoms with E-state index < -0.39 is 0 Å². The van der Waals surface area contributed by atoms with Crippen LogP contribution in [-0.4, -0.2) is 39.8 Å². The number of hydrogen-bond acceptors (Lipinski definition) is 4. The standard InChI is InChI=1S/C16H19Cl2N5O/c1-2-13-21-15(16(24)20-10-5-4-8-19-9-10)22-23(13)14-11(17)6-3-7-12(14)18/h3,6-7,10,19H,2,4-5,8-9H2,1H3,(H,20,24)/t10-/m0/s1. The van der Waals surface area contributed by atoms with Gasteiger partial charge in [0.05, 0.1) is 10.0 Å². The van der Waals surface area contributed by atoms with Gasteiger partial charge in [-0.3, -0.25) is 4.79 Å². The number of halogens is 2. The monoisotopic (exact) mass is 367 g/mol. The van der Waals surface area contributed by atoms with E-state index in [2.05, 4.69) is 20.7 Å². The lowest BCUT2D eigenvalue weighted by molar-refractivity contribution is 0.0920. The summed E-state index contributed by atoms with van der Waals surface area (Å²) in [6.07, 6.45) is 2.60. The van der Waals surface area contributed by atoms with Gasteiger partial charge in [-0.1, -0.05) is 36.2 Å². The average molecular weight is 368 g/mol. The number of carbonyl (C=O) groups is 1. The predicted molar refractivity (Wildman–Crippen MR) is 94.1 cm³/mol. The van der Waals surface area contributed by atoms with E-state index in [-0.39, 0.29) is 17.8 Å². The fourth-order valence-electron chi connectivity index (χ4n) is 2.76. The van der Waals surface area contributed by atoms with Gasteiger partial charge in [0.25, 0.3) is 5.91 Å². The molecule has 1 aliphatic heterocycles. The van der Waals surface area contributed by atoms with Crippen LogP contribution in [0.4, 0.5) is 0 Å². The lowest BCUT2D eigenvalue weighted by Crippen LogP contribution is -2.45. The molecular formula is C16H19Cl2N5O. The van der Waals surface area contributed by atoms with E-state index in [0.717, 1.165) is 25.9 Å². The third-order valence-electron chi connectivity index (χ3n) is 3.97. The summed E-state index contributed by atoms with van der Waals surface area (Å²) in [4.78, 5) is 16.8. The Kier molecular flexibility index (Phi) is 5.38. The molecule has 1 aromatic carbocycles. The van der Waals surface area contributed by atoms with Crippen molar-refractivity contribution in [3.63, 3.8) is 0 Å². The Morgan fingerprint density at radius 1 is 1.42 bits per heavy atom. The van der Waals surface area contributed by atoms with Gasteiger partial charge in [0.1, 0.15) is 11.5 Å². The highest BCUT2D eigenvalue weighted by atomic mass is 35.5. The molecule has 1 aromatic heterocycles. The van der Waals surface area contributed by atoms with Gasteiger partial charge in [-0.05, 0) is 31.5 Å². The first-order chi connectivity index (χ1) is 11.6. The molecule has 1 fully saturated rings. The summed E-state index contributed by atoms with van der Waals surface area (Å²) in [6, 6.07) is 5.34. The number of aryl methyl sites for hydroxylation is 1. The summed E-state index contributed by atoms with van der Waals surface area (Å²) < 4.78 is 1.55. The summed E-state index contributed by atoms with van der Waals surface area (Å²) in [5.41, 5.74) is 0.545. The SMILES string of the molecule is CCc1nc(C(=O)N[C@H]2CCCNC2)nn1-c1c(Cl)cccc1Cl. The van der Waals surface area contributed by atoms with Gasteiger partial charge in [0, 0.05) is 19.0 Å². The Balaban J connectivity index is 1.88. The third-order valence-corrected chi connectivity index (χ3v) is 4.58. The van der Waals surface area contributed by atoms with Gasteiger partial charge >= 0.3 is 0 Å². The highest BCUT2D eigenvalue weighted by Gasteiger charge is 2.22. The van der Waals surface area contributed by atoms with Crippen molar-refractivity contribution >= 4 is 29.1 Å². The van der Waals surface area contributed by atoms with Crippen LogP contribution >= 0.6 is 23.2 Å². The molecular weight excluding hydrogens is 349 g/mol. The highest BCUT2D eigenvalue weighted by Crippen LogP contribution is 2.28. The van der Waals surface area contributed by atoms with Crippen molar-refractivity contribution in [2.75, 3.05) is 13.1 Å². The van der Waals surface area contributed by atoms with Crippen molar-refractivity contribution in [3.05, 3.63) is 39.9 Å². The van der Waals surface area contributed by atoms with Gasteiger partial charge in [-0.2, -0.15) is 0 Å². The molecule has 24 heavy (non-hydrogen) atoms. The van der Waals surface area contributed by atoms with Crippen molar-refractivity contribution in [1.29, 1.82) is 0 Å². The molecule has 0 unspecified atom stereocenters.